The smallest absolute Gasteiger partial charge is 0.261 e. The van der Waals surface area contributed by atoms with E-state index >= 15 is 0 Å². The number of nitrogens with two attached hydrogens (primary N) is 1. The van der Waals surface area contributed by atoms with Gasteiger partial charge in [0.2, 0.25) is 0 Å². The summed E-state index contributed by atoms with van der Waals surface area (Å²) in [7, 11) is 0. The molecule has 1 aliphatic carbocycles. The Labute approximate surface area is 87.1 Å². The average Bonchev–Trinajstić information content (AvgIpc) is 2.43. The van der Waals surface area contributed by atoms with Crippen molar-refractivity contribution in [1.29, 1.82) is 0 Å². The van der Waals surface area contributed by atoms with E-state index in [1.807, 2.05) is 0 Å². The largest absolute Gasteiger partial charge is 0.329 e. The zero-order valence-electron chi connectivity index (χ0n) is 6.69. The van der Waals surface area contributed by atoms with Crippen molar-refractivity contribution in [3.8, 4) is 0 Å². The number of halogens is 3. The van der Waals surface area contributed by atoms with Gasteiger partial charge in [0.05, 0.1) is 5.41 Å². The number of hydrogen-bond acceptors (Lipinski definition) is 2. The molecule has 1 fully saturated rings. The SMILES string of the molecule is NCC1(c2cc(Br)cs2)CC1(F)F. The van der Waals surface area contributed by atoms with Crippen molar-refractivity contribution >= 4 is 27.3 Å². The highest BCUT2D eigenvalue weighted by Crippen LogP contribution is 2.62. The molecule has 2 rings (SSSR count). The van der Waals surface area contributed by atoms with Crippen LogP contribution in [0.1, 0.15) is 11.3 Å². The van der Waals surface area contributed by atoms with E-state index < -0.39 is 11.3 Å². The third-order valence-electron chi connectivity index (χ3n) is 2.49. The van der Waals surface area contributed by atoms with Gasteiger partial charge < -0.3 is 5.73 Å². The molecule has 1 aromatic heterocycles. The lowest BCUT2D eigenvalue weighted by Crippen LogP contribution is -2.25. The summed E-state index contributed by atoms with van der Waals surface area (Å²) in [5.74, 6) is -2.61. The van der Waals surface area contributed by atoms with Gasteiger partial charge in [0.1, 0.15) is 0 Å². The van der Waals surface area contributed by atoms with Gasteiger partial charge in [0, 0.05) is 27.7 Å². The van der Waals surface area contributed by atoms with E-state index in [9.17, 15) is 8.78 Å². The predicted molar refractivity (Wildman–Crippen MR) is 52.3 cm³/mol. The van der Waals surface area contributed by atoms with Gasteiger partial charge in [0.15, 0.2) is 0 Å². The Hall–Kier alpha value is -0.0000000000000000833. The number of thiophene rings is 1. The van der Waals surface area contributed by atoms with Gasteiger partial charge in [-0.05, 0) is 22.0 Å². The molecule has 0 spiro atoms. The molecule has 0 amide bonds. The van der Waals surface area contributed by atoms with Crippen LogP contribution in [0, 0.1) is 0 Å². The normalized spacial score (nSPS) is 30.5. The molecule has 0 aromatic carbocycles. The first-order chi connectivity index (χ1) is 6.02. The van der Waals surface area contributed by atoms with Crippen LogP contribution in [0.3, 0.4) is 0 Å². The zero-order chi connectivity index (χ0) is 9.69. The van der Waals surface area contributed by atoms with E-state index in [0.717, 1.165) is 4.47 Å². The van der Waals surface area contributed by atoms with Crippen molar-refractivity contribution in [1.82, 2.24) is 0 Å². The molecule has 1 aromatic rings. The summed E-state index contributed by atoms with van der Waals surface area (Å²) in [6.45, 7) is 0.0208. The molecule has 1 saturated carbocycles. The summed E-state index contributed by atoms with van der Waals surface area (Å²) >= 11 is 4.58. The van der Waals surface area contributed by atoms with Crippen molar-refractivity contribution in [3.63, 3.8) is 0 Å². The second-order valence-corrected chi connectivity index (χ2v) is 5.12. The van der Waals surface area contributed by atoms with Crippen molar-refractivity contribution in [2.75, 3.05) is 6.54 Å². The maximum absolute atomic E-state index is 13.1. The fraction of sp³-hybridized carbons (Fsp3) is 0.500. The lowest BCUT2D eigenvalue weighted by Gasteiger charge is -2.10. The van der Waals surface area contributed by atoms with Gasteiger partial charge in [-0.15, -0.1) is 11.3 Å². The van der Waals surface area contributed by atoms with E-state index in [4.69, 9.17) is 5.73 Å². The third kappa shape index (κ3) is 1.25. The van der Waals surface area contributed by atoms with Gasteiger partial charge in [-0.25, -0.2) is 8.78 Å². The minimum absolute atomic E-state index is 0.0208. The first kappa shape index (κ1) is 9.55. The van der Waals surface area contributed by atoms with E-state index in [1.165, 1.54) is 11.3 Å². The Morgan fingerprint density at radius 3 is 2.54 bits per heavy atom. The van der Waals surface area contributed by atoms with Crippen molar-refractivity contribution in [2.24, 2.45) is 5.73 Å². The molecule has 72 valence electrons. The Morgan fingerprint density at radius 2 is 2.23 bits per heavy atom. The van der Waals surface area contributed by atoms with Gasteiger partial charge in [0.25, 0.3) is 5.92 Å². The lowest BCUT2D eigenvalue weighted by atomic mass is 10.1. The topological polar surface area (TPSA) is 26.0 Å². The summed E-state index contributed by atoms with van der Waals surface area (Å²) in [6.07, 6.45) is -0.108. The van der Waals surface area contributed by atoms with Gasteiger partial charge >= 0.3 is 0 Å². The third-order valence-corrected chi connectivity index (χ3v) is 4.38. The summed E-state index contributed by atoms with van der Waals surface area (Å²) in [5.41, 5.74) is 4.33. The molecule has 1 nitrogen and oxygen atoms in total. The molecular weight excluding hydrogens is 260 g/mol. The quantitative estimate of drug-likeness (QED) is 0.876. The zero-order valence-corrected chi connectivity index (χ0v) is 9.09. The fourth-order valence-electron chi connectivity index (χ4n) is 1.49. The van der Waals surface area contributed by atoms with Crippen LogP contribution >= 0.6 is 27.3 Å². The summed E-state index contributed by atoms with van der Waals surface area (Å²) in [4.78, 5) is 0.687. The van der Waals surface area contributed by atoms with Crippen LogP contribution in [-0.2, 0) is 5.41 Å². The molecule has 1 heterocycles. The lowest BCUT2D eigenvalue weighted by molar-refractivity contribution is 0.0904. The second kappa shape index (κ2) is 2.74. The molecule has 1 atom stereocenters. The van der Waals surface area contributed by atoms with E-state index in [2.05, 4.69) is 15.9 Å². The Balaban J connectivity index is 2.35. The monoisotopic (exact) mass is 267 g/mol. The van der Waals surface area contributed by atoms with Crippen LogP contribution in [0.15, 0.2) is 15.9 Å². The molecule has 0 radical (unpaired) electrons. The van der Waals surface area contributed by atoms with Crippen molar-refractivity contribution in [3.05, 3.63) is 20.8 Å². The highest BCUT2D eigenvalue weighted by molar-refractivity contribution is 9.10. The molecule has 1 unspecified atom stereocenters. The first-order valence-electron chi connectivity index (χ1n) is 3.84. The molecule has 0 saturated heterocycles. The molecule has 1 aliphatic rings. The minimum atomic E-state index is -2.61. The molecule has 0 aliphatic heterocycles. The van der Waals surface area contributed by atoms with Crippen LogP contribution in [-0.4, -0.2) is 12.5 Å². The molecule has 2 N–H and O–H groups in total. The van der Waals surface area contributed by atoms with Crippen LogP contribution in [0.5, 0.6) is 0 Å². The average molecular weight is 268 g/mol. The maximum atomic E-state index is 13.1. The van der Waals surface area contributed by atoms with Gasteiger partial charge in [-0.2, -0.15) is 0 Å². The van der Waals surface area contributed by atoms with Crippen molar-refractivity contribution in [2.45, 2.75) is 17.8 Å². The first-order valence-corrected chi connectivity index (χ1v) is 5.51. The number of alkyl halides is 2. The maximum Gasteiger partial charge on any atom is 0.261 e. The van der Waals surface area contributed by atoms with Crippen LogP contribution in [0.4, 0.5) is 8.78 Å². The van der Waals surface area contributed by atoms with E-state index in [0.29, 0.717) is 4.88 Å². The second-order valence-electron chi connectivity index (χ2n) is 3.30. The Kier molecular flexibility index (Phi) is 2.02. The standard InChI is InChI=1S/C8H8BrF2NS/c9-5-1-6(13-2-5)7(4-12)3-8(7,10)11/h1-2H,3-4,12H2. The summed E-state index contributed by atoms with van der Waals surface area (Å²) in [6, 6.07) is 1.73. The van der Waals surface area contributed by atoms with Crippen LogP contribution < -0.4 is 5.73 Å². The molecular formula is C8H8BrF2NS. The van der Waals surface area contributed by atoms with Crippen LogP contribution in [0.2, 0.25) is 0 Å². The van der Waals surface area contributed by atoms with Gasteiger partial charge in [-0.1, -0.05) is 0 Å². The van der Waals surface area contributed by atoms with Crippen molar-refractivity contribution < 1.29 is 8.78 Å². The van der Waals surface area contributed by atoms with Gasteiger partial charge in [-0.3, -0.25) is 0 Å². The number of hydrogen-bond donors (Lipinski definition) is 1. The Morgan fingerprint density at radius 1 is 1.62 bits per heavy atom. The van der Waals surface area contributed by atoms with E-state index in [1.54, 1.807) is 11.4 Å². The minimum Gasteiger partial charge on any atom is -0.329 e. The summed E-state index contributed by atoms with van der Waals surface area (Å²) in [5, 5.41) is 1.81. The Bertz CT molecular complexity index is 339. The fourth-order valence-corrected chi connectivity index (χ4v) is 3.18. The predicted octanol–water partition coefficient (Wildman–Crippen LogP) is 2.75. The molecule has 13 heavy (non-hydrogen) atoms. The highest BCUT2D eigenvalue weighted by Gasteiger charge is 2.71. The van der Waals surface area contributed by atoms with Crippen LogP contribution in [0.25, 0.3) is 0 Å². The number of rotatable bonds is 2. The molecule has 5 heteroatoms. The van der Waals surface area contributed by atoms with E-state index in [-0.39, 0.29) is 13.0 Å². The molecule has 0 bridgehead atoms. The highest BCUT2D eigenvalue weighted by atomic mass is 79.9. The summed E-state index contributed by atoms with van der Waals surface area (Å²) < 4.78 is 27.0.